The zero-order valence-electron chi connectivity index (χ0n) is 10.1. The van der Waals surface area contributed by atoms with Gasteiger partial charge in [-0.15, -0.1) is 11.6 Å². The highest BCUT2D eigenvalue weighted by Crippen LogP contribution is 2.32. The Morgan fingerprint density at radius 1 is 1.53 bits per heavy atom. The maximum atomic E-state index is 13.1. The van der Waals surface area contributed by atoms with Crippen LogP contribution in [0.2, 0.25) is 0 Å². The molecule has 0 aliphatic heterocycles. The predicted molar refractivity (Wildman–Crippen MR) is 69.0 cm³/mol. The van der Waals surface area contributed by atoms with Crippen LogP contribution in [0.3, 0.4) is 0 Å². The molecule has 0 saturated heterocycles. The fourth-order valence-electron chi connectivity index (χ4n) is 2.02. The van der Waals surface area contributed by atoms with Crippen molar-refractivity contribution >= 4 is 17.4 Å². The van der Waals surface area contributed by atoms with Gasteiger partial charge in [-0.25, -0.2) is 9.37 Å². The zero-order valence-corrected chi connectivity index (χ0v) is 10.9. The molecule has 2 nitrogen and oxygen atoms in total. The van der Waals surface area contributed by atoms with Gasteiger partial charge in [0.2, 0.25) is 0 Å². The normalized spacial score (nSPS) is 15.0. The van der Waals surface area contributed by atoms with Crippen LogP contribution in [0.1, 0.15) is 31.7 Å². The monoisotopic (exact) mass is 256 g/mol. The average Bonchev–Trinajstić information content (AvgIpc) is 3.12. The van der Waals surface area contributed by atoms with Crippen LogP contribution in [0.4, 0.5) is 10.2 Å². The van der Waals surface area contributed by atoms with Crippen molar-refractivity contribution in [2.24, 2.45) is 5.92 Å². The molecular weight excluding hydrogens is 239 g/mol. The first-order valence-electron chi connectivity index (χ1n) is 6.20. The summed E-state index contributed by atoms with van der Waals surface area (Å²) in [6.45, 7) is 4.12. The summed E-state index contributed by atoms with van der Waals surface area (Å²) < 4.78 is 13.1. The van der Waals surface area contributed by atoms with Gasteiger partial charge in [0, 0.05) is 18.7 Å². The Kier molecular flexibility index (Phi) is 4.21. The summed E-state index contributed by atoms with van der Waals surface area (Å²) >= 11 is 5.87. The molecule has 0 amide bonds. The lowest BCUT2D eigenvalue weighted by atomic mass is 10.2. The number of pyridine rings is 1. The molecular formula is C13H18ClFN2. The molecule has 0 radical (unpaired) electrons. The average molecular weight is 257 g/mol. The van der Waals surface area contributed by atoms with Crippen LogP contribution in [-0.4, -0.2) is 18.1 Å². The summed E-state index contributed by atoms with van der Waals surface area (Å²) in [7, 11) is 0. The molecule has 0 N–H and O–H groups in total. The van der Waals surface area contributed by atoms with E-state index in [0.29, 0.717) is 5.88 Å². The largest absolute Gasteiger partial charge is 0.356 e. The third-order valence-electron chi connectivity index (χ3n) is 3.02. The van der Waals surface area contributed by atoms with E-state index in [-0.39, 0.29) is 5.82 Å². The van der Waals surface area contributed by atoms with Crippen molar-refractivity contribution in [1.29, 1.82) is 0 Å². The van der Waals surface area contributed by atoms with Crippen LogP contribution >= 0.6 is 11.6 Å². The van der Waals surface area contributed by atoms with Crippen molar-refractivity contribution in [3.05, 3.63) is 23.6 Å². The molecule has 4 heteroatoms. The second-order valence-electron chi connectivity index (χ2n) is 4.66. The Bertz CT molecular complexity index is 380. The number of nitrogens with zero attached hydrogens (tertiary/aromatic N) is 2. The first kappa shape index (κ1) is 12.6. The molecule has 0 atom stereocenters. The molecule has 0 bridgehead atoms. The minimum atomic E-state index is -0.313. The highest BCUT2D eigenvalue weighted by Gasteiger charge is 2.25. The number of hydrogen-bond acceptors (Lipinski definition) is 2. The third-order valence-corrected chi connectivity index (χ3v) is 3.31. The van der Waals surface area contributed by atoms with Gasteiger partial charge in [-0.05, 0) is 31.2 Å². The first-order chi connectivity index (χ1) is 8.24. The van der Waals surface area contributed by atoms with E-state index in [1.165, 1.54) is 25.1 Å². The molecule has 1 heterocycles. The summed E-state index contributed by atoms with van der Waals surface area (Å²) in [5, 5.41) is 0. The van der Waals surface area contributed by atoms with Crippen molar-refractivity contribution in [1.82, 2.24) is 4.98 Å². The first-order valence-corrected chi connectivity index (χ1v) is 6.73. The molecule has 1 saturated carbocycles. The highest BCUT2D eigenvalue weighted by molar-refractivity contribution is 6.17. The summed E-state index contributed by atoms with van der Waals surface area (Å²) in [4.78, 5) is 6.46. The Labute approximate surface area is 107 Å². The van der Waals surface area contributed by atoms with Gasteiger partial charge in [0.15, 0.2) is 0 Å². The lowest BCUT2D eigenvalue weighted by molar-refractivity contribution is 0.616. The lowest BCUT2D eigenvalue weighted by Crippen LogP contribution is -2.28. The fraction of sp³-hybridized carbons (Fsp3) is 0.615. The molecule has 1 aliphatic rings. The minimum absolute atomic E-state index is 0.310. The number of alkyl halides is 1. The van der Waals surface area contributed by atoms with Gasteiger partial charge in [0.25, 0.3) is 0 Å². The van der Waals surface area contributed by atoms with Gasteiger partial charge < -0.3 is 4.90 Å². The Hall–Kier alpha value is -0.830. The van der Waals surface area contributed by atoms with E-state index in [2.05, 4.69) is 16.8 Å². The Balaban J connectivity index is 2.20. The predicted octanol–water partition coefficient (Wildman–Crippen LogP) is 3.59. The maximum Gasteiger partial charge on any atom is 0.141 e. The number of anilines is 1. The van der Waals surface area contributed by atoms with Gasteiger partial charge in [0.05, 0.1) is 12.1 Å². The Morgan fingerprint density at radius 3 is 2.88 bits per heavy atom. The molecule has 17 heavy (non-hydrogen) atoms. The van der Waals surface area contributed by atoms with Gasteiger partial charge in [-0.1, -0.05) is 6.92 Å². The van der Waals surface area contributed by atoms with Gasteiger partial charge in [-0.2, -0.15) is 0 Å². The van der Waals surface area contributed by atoms with Gasteiger partial charge in [-0.3, -0.25) is 0 Å². The number of hydrogen-bond donors (Lipinski definition) is 0. The standard InChI is InChI=1S/C13H18ClFN2/c1-2-5-17(9-10-3-4-10)13-11(7-14)6-12(15)8-16-13/h6,8,10H,2-5,7,9H2,1H3. The topological polar surface area (TPSA) is 16.1 Å². The smallest absolute Gasteiger partial charge is 0.141 e. The quantitative estimate of drug-likeness (QED) is 0.723. The molecule has 1 aliphatic carbocycles. The highest BCUT2D eigenvalue weighted by atomic mass is 35.5. The number of rotatable bonds is 6. The van der Waals surface area contributed by atoms with Crippen LogP contribution in [-0.2, 0) is 5.88 Å². The molecule has 0 unspecified atom stereocenters. The van der Waals surface area contributed by atoms with Crippen molar-refractivity contribution in [3.63, 3.8) is 0 Å². The molecule has 1 aromatic heterocycles. The second-order valence-corrected chi connectivity index (χ2v) is 4.93. The zero-order chi connectivity index (χ0) is 12.3. The summed E-state index contributed by atoms with van der Waals surface area (Å²) in [5.74, 6) is 1.64. The van der Waals surface area contributed by atoms with Crippen LogP contribution in [0, 0.1) is 11.7 Å². The van der Waals surface area contributed by atoms with E-state index in [9.17, 15) is 4.39 Å². The molecule has 0 spiro atoms. The summed E-state index contributed by atoms with van der Waals surface area (Å²) in [6.07, 6.45) is 4.95. The third kappa shape index (κ3) is 3.32. The fourth-order valence-corrected chi connectivity index (χ4v) is 2.22. The van der Waals surface area contributed by atoms with Gasteiger partial charge >= 0.3 is 0 Å². The van der Waals surface area contributed by atoms with E-state index in [4.69, 9.17) is 11.6 Å². The van der Waals surface area contributed by atoms with Crippen molar-refractivity contribution in [2.75, 3.05) is 18.0 Å². The number of aromatic nitrogens is 1. The lowest BCUT2D eigenvalue weighted by Gasteiger charge is -2.25. The van der Waals surface area contributed by atoms with Crippen molar-refractivity contribution in [2.45, 2.75) is 32.1 Å². The second kappa shape index (κ2) is 5.67. The van der Waals surface area contributed by atoms with E-state index < -0.39 is 0 Å². The van der Waals surface area contributed by atoms with Crippen LogP contribution in [0.25, 0.3) is 0 Å². The minimum Gasteiger partial charge on any atom is -0.356 e. The van der Waals surface area contributed by atoms with E-state index in [0.717, 1.165) is 36.8 Å². The Morgan fingerprint density at radius 2 is 2.29 bits per heavy atom. The molecule has 0 aromatic carbocycles. The summed E-state index contributed by atoms with van der Waals surface area (Å²) in [6, 6.07) is 1.49. The van der Waals surface area contributed by atoms with Gasteiger partial charge in [0.1, 0.15) is 11.6 Å². The molecule has 2 rings (SSSR count). The van der Waals surface area contributed by atoms with Crippen LogP contribution in [0.15, 0.2) is 12.3 Å². The van der Waals surface area contributed by atoms with E-state index in [1.807, 2.05) is 0 Å². The SMILES string of the molecule is CCCN(CC1CC1)c1ncc(F)cc1CCl. The van der Waals surface area contributed by atoms with E-state index >= 15 is 0 Å². The molecule has 1 fully saturated rings. The van der Waals surface area contributed by atoms with Crippen LogP contribution in [0.5, 0.6) is 0 Å². The maximum absolute atomic E-state index is 13.1. The number of halogens is 2. The van der Waals surface area contributed by atoms with E-state index in [1.54, 1.807) is 0 Å². The van der Waals surface area contributed by atoms with Crippen molar-refractivity contribution in [3.8, 4) is 0 Å². The molecule has 94 valence electrons. The van der Waals surface area contributed by atoms with Crippen LogP contribution < -0.4 is 4.90 Å². The van der Waals surface area contributed by atoms with Crippen molar-refractivity contribution < 1.29 is 4.39 Å². The summed E-state index contributed by atoms with van der Waals surface area (Å²) in [5.41, 5.74) is 0.792. The molecule has 1 aromatic rings.